The smallest absolute Gasteiger partial charge is 0.336 e. The lowest BCUT2D eigenvalue weighted by molar-refractivity contribution is 0.480. The van der Waals surface area contributed by atoms with Crippen molar-refractivity contribution in [3.63, 3.8) is 0 Å². The fraction of sp³-hybridized carbons (Fsp3) is 0. The molecule has 0 amide bonds. The van der Waals surface area contributed by atoms with Gasteiger partial charge >= 0.3 is 5.63 Å². The zero-order valence-corrected chi connectivity index (χ0v) is 9.50. The average molecular weight is 238 g/mol. The Kier molecular flexibility index (Phi) is 2.57. The van der Waals surface area contributed by atoms with Gasteiger partial charge in [-0.25, -0.2) is 4.79 Å². The van der Waals surface area contributed by atoms with Crippen LogP contribution in [0.2, 0.25) is 0 Å². The molecule has 0 fully saturated rings. The van der Waals surface area contributed by atoms with Crippen LogP contribution in [0.25, 0.3) is 11.0 Å². The monoisotopic (exact) mass is 238 g/mol. The van der Waals surface area contributed by atoms with Gasteiger partial charge in [-0.1, -0.05) is 18.2 Å². The third kappa shape index (κ3) is 2.11. The molecule has 0 aliphatic heterocycles. The first kappa shape index (κ1) is 10.6. The molecule has 0 N–H and O–H groups in total. The van der Waals surface area contributed by atoms with Gasteiger partial charge in [0.25, 0.3) is 0 Å². The molecule has 3 aromatic rings. The molecule has 0 unspecified atom stereocenters. The molecule has 0 aliphatic carbocycles. The summed E-state index contributed by atoms with van der Waals surface area (Å²) in [6, 6.07) is 18.0. The van der Waals surface area contributed by atoms with E-state index in [1.54, 1.807) is 12.1 Å². The lowest BCUT2D eigenvalue weighted by Crippen LogP contribution is -1.94. The van der Waals surface area contributed by atoms with E-state index < -0.39 is 0 Å². The van der Waals surface area contributed by atoms with E-state index in [0.29, 0.717) is 11.3 Å². The minimum Gasteiger partial charge on any atom is -0.457 e. The Morgan fingerprint density at radius 1 is 0.833 bits per heavy atom. The van der Waals surface area contributed by atoms with E-state index >= 15 is 0 Å². The maximum Gasteiger partial charge on any atom is 0.336 e. The van der Waals surface area contributed by atoms with Crippen LogP contribution in [0, 0.1) is 0 Å². The number of ether oxygens (including phenoxy) is 1. The summed E-state index contributed by atoms with van der Waals surface area (Å²) in [5.74, 6) is 1.39. The molecule has 3 heteroatoms. The van der Waals surface area contributed by atoms with Crippen LogP contribution in [0.3, 0.4) is 0 Å². The van der Waals surface area contributed by atoms with Crippen molar-refractivity contribution in [2.45, 2.75) is 0 Å². The van der Waals surface area contributed by atoms with Crippen molar-refractivity contribution < 1.29 is 9.15 Å². The highest BCUT2D eigenvalue weighted by molar-refractivity contribution is 5.77. The molecule has 0 bridgehead atoms. The number of benzene rings is 2. The van der Waals surface area contributed by atoms with Gasteiger partial charge in [0, 0.05) is 17.5 Å². The molecular formula is C15H10O3. The molecule has 18 heavy (non-hydrogen) atoms. The molecule has 0 aliphatic rings. The van der Waals surface area contributed by atoms with Crippen molar-refractivity contribution in [1.82, 2.24) is 0 Å². The van der Waals surface area contributed by atoms with E-state index in [9.17, 15) is 4.79 Å². The minimum atomic E-state index is -0.362. The topological polar surface area (TPSA) is 39.4 Å². The molecule has 3 nitrogen and oxygen atoms in total. The molecule has 0 saturated heterocycles. The predicted octanol–water partition coefficient (Wildman–Crippen LogP) is 3.59. The molecule has 0 saturated carbocycles. The number of para-hydroxylation sites is 1. The van der Waals surface area contributed by atoms with Crippen molar-refractivity contribution in [2.75, 3.05) is 0 Å². The summed E-state index contributed by atoms with van der Waals surface area (Å²) in [5, 5.41) is 0.870. The summed E-state index contributed by atoms with van der Waals surface area (Å²) >= 11 is 0. The lowest BCUT2D eigenvalue weighted by atomic mass is 10.2. The van der Waals surface area contributed by atoms with E-state index in [4.69, 9.17) is 9.15 Å². The van der Waals surface area contributed by atoms with Crippen LogP contribution < -0.4 is 10.4 Å². The van der Waals surface area contributed by atoms with E-state index in [1.165, 1.54) is 6.07 Å². The van der Waals surface area contributed by atoms with E-state index in [0.717, 1.165) is 11.1 Å². The molecule has 1 heterocycles. The van der Waals surface area contributed by atoms with Crippen LogP contribution in [-0.2, 0) is 0 Å². The average Bonchev–Trinajstić information content (AvgIpc) is 2.39. The fourth-order valence-electron chi connectivity index (χ4n) is 1.73. The molecule has 3 rings (SSSR count). The Labute approximate surface area is 103 Å². The number of hydrogen-bond donors (Lipinski definition) is 0. The largest absolute Gasteiger partial charge is 0.457 e. The van der Waals surface area contributed by atoms with Gasteiger partial charge in [0.2, 0.25) is 0 Å². The highest BCUT2D eigenvalue weighted by Gasteiger charge is 2.01. The molecule has 88 valence electrons. The predicted molar refractivity (Wildman–Crippen MR) is 69.0 cm³/mol. The first-order valence-corrected chi connectivity index (χ1v) is 5.58. The van der Waals surface area contributed by atoms with Crippen molar-refractivity contribution in [3.05, 3.63) is 71.1 Å². The first-order valence-electron chi connectivity index (χ1n) is 5.58. The molecule has 1 aromatic heterocycles. The summed E-state index contributed by atoms with van der Waals surface area (Å²) in [6.45, 7) is 0. The van der Waals surface area contributed by atoms with Crippen molar-refractivity contribution >= 4 is 11.0 Å². The maximum absolute atomic E-state index is 11.1. The van der Waals surface area contributed by atoms with Crippen molar-refractivity contribution in [3.8, 4) is 11.5 Å². The Morgan fingerprint density at radius 2 is 1.61 bits per heavy atom. The van der Waals surface area contributed by atoms with Crippen LogP contribution in [-0.4, -0.2) is 0 Å². The highest BCUT2D eigenvalue weighted by Crippen LogP contribution is 2.24. The third-order valence-corrected chi connectivity index (χ3v) is 2.57. The van der Waals surface area contributed by atoms with E-state index in [-0.39, 0.29) is 5.63 Å². The minimum absolute atomic E-state index is 0.362. The first-order chi connectivity index (χ1) is 8.81. The van der Waals surface area contributed by atoms with Gasteiger partial charge in [0.15, 0.2) is 0 Å². The fourth-order valence-corrected chi connectivity index (χ4v) is 1.73. The van der Waals surface area contributed by atoms with Gasteiger partial charge in [0.1, 0.15) is 17.1 Å². The standard InChI is InChI=1S/C15H10O3/c16-15-9-7-11-6-8-13(10-14(11)18-15)17-12-4-2-1-3-5-12/h1-10H. The molecular weight excluding hydrogens is 228 g/mol. The van der Waals surface area contributed by atoms with Gasteiger partial charge in [-0.2, -0.15) is 0 Å². The summed E-state index contributed by atoms with van der Waals surface area (Å²) in [5.41, 5.74) is 0.162. The molecule has 0 radical (unpaired) electrons. The molecule has 2 aromatic carbocycles. The van der Waals surface area contributed by atoms with Gasteiger partial charge in [-0.15, -0.1) is 0 Å². The zero-order chi connectivity index (χ0) is 12.4. The van der Waals surface area contributed by atoms with Gasteiger partial charge in [-0.3, -0.25) is 0 Å². The normalized spacial score (nSPS) is 10.4. The Bertz CT molecular complexity index is 729. The number of fused-ring (bicyclic) bond motifs is 1. The number of hydrogen-bond acceptors (Lipinski definition) is 3. The van der Waals surface area contributed by atoms with Crippen LogP contribution in [0.1, 0.15) is 0 Å². The summed E-state index contributed by atoms with van der Waals surface area (Å²) in [4.78, 5) is 11.1. The summed E-state index contributed by atoms with van der Waals surface area (Å²) in [7, 11) is 0. The second-order valence-corrected chi connectivity index (χ2v) is 3.87. The Balaban J connectivity index is 2.00. The lowest BCUT2D eigenvalue weighted by Gasteiger charge is -2.05. The van der Waals surface area contributed by atoms with E-state index in [1.807, 2.05) is 42.5 Å². The van der Waals surface area contributed by atoms with Crippen LogP contribution >= 0.6 is 0 Å². The quantitative estimate of drug-likeness (QED) is 0.640. The SMILES string of the molecule is O=c1ccc2ccc(Oc3ccccc3)cc2o1. The van der Waals surface area contributed by atoms with Gasteiger partial charge in [-0.05, 0) is 30.3 Å². The Morgan fingerprint density at radius 3 is 2.44 bits per heavy atom. The summed E-state index contributed by atoms with van der Waals surface area (Å²) < 4.78 is 10.8. The van der Waals surface area contributed by atoms with E-state index in [2.05, 4.69) is 0 Å². The maximum atomic E-state index is 11.1. The third-order valence-electron chi connectivity index (χ3n) is 2.57. The second kappa shape index (κ2) is 4.37. The van der Waals surface area contributed by atoms with Gasteiger partial charge in [0.05, 0.1) is 0 Å². The summed E-state index contributed by atoms with van der Waals surface area (Å²) in [6.07, 6.45) is 0. The van der Waals surface area contributed by atoms with Crippen molar-refractivity contribution in [2.24, 2.45) is 0 Å². The zero-order valence-electron chi connectivity index (χ0n) is 9.50. The van der Waals surface area contributed by atoms with Crippen LogP contribution in [0.4, 0.5) is 0 Å². The van der Waals surface area contributed by atoms with Crippen LogP contribution in [0.15, 0.2) is 69.9 Å². The molecule has 0 spiro atoms. The Hall–Kier alpha value is -2.55. The van der Waals surface area contributed by atoms with Gasteiger partial charge < -0.3 is 9.15 Å². The van der Waals surface area contributed by atoms with Crippen LogP contribution in [0.5, 0.6) is 11.5 Å². The number of rotatable bonds is 2. The molecule has 0 atom stereocenters. The highest BCUT2D eigenvalue weighted by atomic mass is 16.5. The van der Waals surface area contributed by atoms with Crippen molar-refractivity contribution in [1.29, 1.82) is 0 Å². The second-order valence-electron chi connectivity index (χ2n) is 3.87.